The van der Waals surface area contributed by atoms with E-state index in [2.05, 4.69) is 27.8 Å². The number of aromatic nitrogens is 4. The van der Waals surface area contributed by atoms with Crippen LogP contribution in [0.2, 0.25) is 0 Å². The summed E-state index contributed by atoms with van der Waals surface area (Å²) in [5.41, 5.74) is 8.77. The van der Waals surface area contributed by atoms with Crippen LogP contribution < -0.4 is 5.73 Å². The van der Waals surface area contributed by atoms with Crippen LogP contribution in [0.15, 0.2) is 12.4 Å². The number of nitrogens with two attached hydrogens (primary N) is 1. The topological polar surface area (TPSA) is 69.6 Å². The van der Waals surface area contributed by atoms with E-state index >= 15 is 0 Å². The van der Waals surface area contributed by atoms with Crippen molar-refractivity contribution in [3.63, 3.8) is 0 Å². The predicted octanol–water partition coefficient (Wildman–Crippen LogP) is 3.90. The van der Waals surface area contributed by atoms with Crippen molar-refractivity contribution in [1.29, 1.82) is 0 Å². The zero-order valence-corrected chi connectivity index (χ0v) is 14.3. The van der Waals surface area contributed by atoms with Gasteiger partial charge in [-0.3, -0.25) is 4.68 Å². The number of hydrogen-bond acceptors (Lipinski definition) is 4. The van der Waals surface area contributed by atoms with Crippen molar-refractivity contribution < 1.29 is 0 Å². The summed E-state index contributed by atoms with van der Waals surface area (Å²) in [4.78, 5) is 8.77. The smallest absolute Gasteiger partial charge is 0.182 e. The summed E-state index contributed by atoms with van der Waals surface area (Å²) in [6, 6.07) is 0. The zero-order valence-electron chi connectivity index (χ0n) is 14.3. The molecule has 5 heteroatoms. The lowest BCUT2D eigenvalue weighted by atomic mass is 9.91. The van der Waals surface area contributed by atoms with Crippen molar-refractivity contribution in [2.24, 2.45) is 5.92 Å². The first-order chi connectivity index (χ1) is 11.1. The Morgan fingerprint density at radius 2 is 1.78 bits per heavy atom. The number of rotatable bonds is 3. The molecule has 0 bridgehead atoms. The molecule has 2 N–H and O–H groups in total. The molecule has 2 heterocycles. The monoisotopic (exact) mass is 313 g/mol. The van der Waals surface area contributed by atoms with Gasteiger partial charge in [0.15, 0.2) is 5.82 Å². The van der Waals surface area contributed by atoms with Crippen LogP contribution in [0.5, 0.6) is 0 Å². The SMILES string of the molecule is Cc1cnc(-c2nn(CC3CCCCCCC3)cc2C)nc1N. The molecule has 1 aliphatic carbocycles. The second-order valence-corrected chi connectivity index (χ2v) is 6.86. The van der Waals surface area contributed by atoms with E-state index in [1.807, 2.05) is 6.92 Å². The molecule has 3 rings (SSSR count). The molecule has 0 aromatic carbocycles. The Labute approximate surface area is 138 Å². The molecule has 0 atom stereocenters. The van der Waals surface area contributed by atoms with Crippen LogP contribution in [0, 0.1) is 19.8 Å². The van der Waals surface area contributed by atoms with Gasteiger partial charge >= 0.3 is 0 Å². The van der Waals surface area contributed by atoms with E-state index in [0.29, 0.717) is 11.6 Å². The lowest BCUT2D eigenvalue weighted by Crippen LogP contribution is -2.13. The predicted molar refractivity (Wildman–Crippen MR) is 92.9 cm³/mol. The van der Waals surface area contributed by atoms with Crippen molar-refractivity contribution >= 4 is 5.82 Å². The van der Waals surface area contributed by atoms with E-state index in [1.54, 1.807) is 6.20 Å². The maximum atomic E-state index is 5.91. The van der Waals surface area contributed by atoms with Crippen LogP contribution >= 0.6 is 0 Å². The van der Waals surface area contributed by atoms with Gasteiger partial charge in [0.1, 0.15) is 11.5 Å². The van der Waals surface area contributed by atoms with Crippen molar-refractivity contribution in [2.45, 2.75) is 65.3 Å². The first-order valence-corrected chi connectivity index (χ1v) is 8.77. The zero-order chi connectivity index (χ0) is 16.2. The first-order valence-electron chi connectivity index (χ1n) is 8.77. The van der Waals surface area contributed by atoms with E-state index in [9.17, 15) is 0 Å². The molecule has 124 valence electrons. The normalized spacial score (nSPS) is 17.0. The summed E-state index contributed by atoms with van der Waals surface area (Å²) >= 11 is 0. The fourth-order valence-corrected chi connectivity index (χ4v) is 3.39. The summed E-state index contributed by atoms with van der Waals surface area (Å²) in [6.07, 6.45) is 13.4. The molecule has 0 aliphatic heterocycles. The number of nitrogen functional groups attached to an aromatic ring is 1. The van der Waals surface area contributed by atoms with Gasteiger partial charge in [-0.1, -0.05) is 32.1 Å². The number of hydrogen-bond donors (Lipinski definition) is 1. The molecule has 1 saturated carbocycles. The van der Waals surface area contributed by atoms with Crippen molar-refractivity contribution in [3.8, 4) is 11.5 Å². The van der Waals surface area contributed by atoms with Gasteiger partial charge in [0.2, 0.25) is 0 Å². The Morgan fingerprint density at radius 1 is 1.09 bits per heavy atom. The van der Waals surface area contributed by atoms with Gasteiger partial charge in [-0.2, -0.15) is 5.10 Å². The van der Waals surface area contributed by atoms with Crippen LogP contribution in [0.25, 0.3) is 11.5 Å². The Hall–Kier alpha value is -1.91. The molecule has 1 aliphatic rings. The standard InChI is InChI=1S/C18H27N5/c1-13-10-20-18(21-17(13)19)16-14(2)11-23(22-16)12-15-8-6-4-3-5-7-9-15/h10-11,15H,3-9,12H2,1-2H3,(H2,19,20,21). The third kappa shape index (κ3) is 3.89. The lowest BCUT2D eigenvalue weighted by molar-refractivity contribution is 0.326. The Bertz CT molecular complexity index is 653. The summed E-state index contributed by atoms with van der Waals surface area (Å²) < 4.78 is 2.08. The number of anilines is 1. The van der Waals surface area contributed by atoms with E-state index in [4.69, 9.17) is 10.8 Å². The van der Waals surface area contributed by atoms with Crippen molar-refractivity contribution in [3.05, 3.63) is 23.5 Å². The largest absolute Gasteiger partial charge is 0.383 e. The van der Waals surface area contributed by atoms with E-state index in [1.165, 1.54) is 44.9 Å². The molecule has 2 aromatic rings. The molecular formula is C18H27N5. The molecule has 1 fully saturated rings. The summed E-state index contributed by atoms with van der Waals surface area (Å²) in [6.45, 7) is 4.98. The summed E-state index contributed by atoms with van der Waals surface area (Å²) in [7, 11) is 0. The summed E-state index contributed by atoms with van der Waals surface area (Å²) in [5, 5.41) is 4.74. The maximum absolute atomic E-state index is 5.91. The van der Waals surface area contributed by atoms with E-state index in [-0.39, 0.29) is 0 Å². The third-order valence-corrected chi connectivity index (χ3v) is 4.84. The van der Waals surface area contributed by atoms with Crippen LogP contribution in [0.4, 0.5) is 5.82 Å². The quantitative estimate of drug-likeness (QED) is 0.933. The molecule has 0 unspecified atom stereocenters. The minimum Gasteiger partial charge on any atom is -0.383 e. The fraction of sp³-hybridized carbons (Fsp3) is 0.611. The average molecular weight is 313 g/mol. The molecule has 5 nitrogen and oxygen atoms in total. The lowest BCUT2D eigenvalue weighted by Gasteiger charge is -2.19. The van der Waals surface area contributed by atoms with Gasteiger partial charge in [-0.05, 0) is 38.2 Å². The highest BCUT2D eigenvalue weighted by Crippen LogP contribution is 2.25. The highest BCUT2D eigenvalue weighted by atomic mass is 15.3. The van der Waals surface area contributed by atoms with Gasteiger partial charge in [-0.25, -0.2) is 9.97 Å². The Balaban J connectivity index is 1.75. The van der Waals surface area contributed by atoms with Gasteiger partial charge in [-0.15, -0.1) is 0 Å². The average Bonchev–Trinajstić information content (AvgIpc) is 2.85. The molecule has 0 amide bonds. The van der Waals surface area contributed by atoms with Crippen LogP contribution in [0.1, 0.15) is 56.1 Å². The van der Waals surface area contributed by atoms with Crippen molar-refractivity contribution in [1.82, 2.24) is 19.7 Å². The van der Waals surface area contributed by atoms with E-state index < -0.39 is 0 Å². The second kappa shape index (κ2) is 7.11. The number of aryl methyl sites for hydroxylation is 2. The summed E-state index contributed by atoms with van der Waals surface area (Å²) in [5.74, 6) is 1.90. The van der Waals surface area contributed by atoms with Gasteiger partial charge in [0.25, 0.3) is 0 Å². The minimum atomic E-state index is 0.531. The highest BCUT2D eigenvalue weighted by molar-refractivity contribution is 5.56. The Morgan fingerprint density at radius 3 is 2.48 bits per heavy atom. The molecule has 0 saturated heterocycles. The highest BCUT2D eigenvalue weighted by Gasteiger charge is 2.16. The van der Waals surface area contributed by atoms with E-state index in [0.717, 1.165) is 29.3 Å². The fourth-order valence-electron chi connectivity index (χ4n) is 3.39. The number of nitrogens with zero attached hydrogens (tertiary/aromatic N) is 4. The van der Waals surface area contributed by atoms with Crippen molar-refractivity contribution in [2.75, 3.05) is 5.73 Å². The van der Waals surface area contributed by atoms with Crippen LogP contribution in [0.3, 0.4) is 0 Å². The molecule has 0 radical (unpaired) electrons. The molecule has 23 heavy (non-hydrogen) atoms. The Kier molecular flexibility index (Phi) is 4.94. The van der Waals surface area contributed by atoms with Crippen LogP contribution in [-0.4, -0.2) is 19.7 Å². The first kappa shape index (κ1) is 16.0. The molecular weight excluding hydrogens is 286 g/mol. The van der Waals surface area contributed by atoms with Gasteiger partial charge in [0, 0.05) is 24.5 Å². The molecule has 2 aromatic heterocycles. The van der Waals surface area contributed by atoms with Gasteiger partial charge < -0.3 is 5.73 Å². The second-order valence-electron chi connectivity index (χ2n) is 6.86. The maximum Gasteiger partial charge on any atom is 0.182 e. The molecule has 0 spiro atoms. The van der Waals surface area contributed by atoms with Crippen LogP contribution in [-0.2, 0) is 6.54 Å². The minimum absolute atomic E-state index is 0.531. The third-order valence-electron chi connectivity index (χ3n) is 4.84. The van der Waals surface area contributed by atoms with Gasteiger partial charge in [0.05, 0.1) is 0 Å².